The van der Waals surface area contributed by atoms with E-state index < -0.39 is 0 Å². The fraction of sp³-hybridized carbons (Fsp3) is 0. The number of pyridine rings is 1. The van der Waals surface area contributed by atoms with Crippen LogP contribution in [0.5, 0.6) is 0 Å². The van der Waals surface area contributed by atoms with Gasteiger partial charge in [-0.3, -0.25) is 10.1 Å². The molecule has 1 N–H and O–H groups in total. The second-order valence-corrected chi connectivity index (χ2v) is 5.93. The lowest BCUT2D eigenvalue weighted by Crippen LogP contribution is -1.79. The molecule has 2 aromatic carbocycles. The first-order valence-electron chi connectivity index (χ1n) is 7.62. The van der Waals surface area contributed by atoms with E-state index in [1.165, 1.54) is 0 Å². The molecule has 2 aromatic heterocycles. The monoisotopic (exact) mass is 331 g/mol. The smallest absolute Gasteiger partial charge is 0.0927 e. The van der Waals surface area contributed by atoms with E-state index in [4.69, 9.17) is 11.6 Å². The Hall–Kier alpha value is -2.91. The van der Waals surface area contributed by atoms with Gasteiger partial charge in [0.15, 0.2) is 0 Å². The Kier molecular flexibility index (Phi) is 3.85. The summed E-state index contributed by atoms with van der Waals surface area (Å²) >= 11 is 6.02. The van der Waals surface area contributed by atoms with Crippen LogP contribution in [0.1, 0.15) is 11.3 Å². The molecule has 2 heterocycles. The van der Waals surface area contributed by atoms with Gasteiger partial charge >= 0.3 is 0 Å². The van der Waals surface area contributed by atoms with Crippen molar-refractivity contribution in [2.75, 3.05) is 0 Å². The zero-order chi connectivity index (χ0) is 16.4. The van der Waals surface area contributed by atoms with Crippen LogP contribution in [0.15, 0.2) is 67.0 Å². The normalized spacial score (nSPS) is 11.4. The molecule has 116 valence electrons. The van der Waals surface area contributed by atoms with Crippen molar-refractivity contribution >= 4 is 34.7 Å². The third kappa shape index (κ3) is 2.94. The predicted molar refractivity (Wildman–Crippen MR) is 99.7 cm³/mol. The lowest BCUT2D eigenvalue weighted by atomic mass is 10.0. The Morgan fingerprint density at radius 2 is 1.75 bits per heavy atom. The Bertz CT molecular complexity index is 1020. The number of hydrogen-bond acceptors (Lipinski definition) is 2. The minimum atomic E-state index is 0.728. The number of hydrogen-bond donors (Lipinski definition) is 1. The number of nitrogens with one attached hydrogen (secondary N) is 1. The summed E-state index contributed by atoms with van der Waals surface area (Å²) < 4.78 is 0. The van der Waals surface area contributed by atoms with Crippen LogP contribution >= 0.6 is 11.6 Å². The SMILES string of the molecule is Clc1cccc(/C=C/c2n[nH]c3cc(-c4ccncc4)ccc23)c1. The molecule has 0 fully saturated rings. The minimum Gasteiger partial charge on any atom is -0.277 e. The van der Waals surface area contributed by atoms with Crippen molar-refractivity contribution in [1.82, 2.24) is 15.2 Å². The summed E-state index contributed by atoms with van der Waals surface area (Å²) in [6, 6.07) is 18.0. The molecule has 24 heavy (non-hydrogen) atoms. The maximum Gasteiger partial charge on any atom is 0.0927 e. The first-order valence-corrected chi connectivity index (χ1v) is 7.99. The summed E-state index contributed by atoms with van der Waals surface area (Å²) in [6.45, 7) is 0. The van der Waals surface area contributed by atoms with Crippen molar-refractivity contribution in [3.63, 3.8) is 0 Å². The molecule has 0 bridgehead atoms. The number of aromatic nitrogens is 3. The Morgan fingerprint density at radius 3 is 2.58 bits per heavy atom. The molecule has 0 aliphatic heterocycles. The summed E-state index contributed by atoms with van der Waals surface area (Å²) in [7, 11) is 0. The standard InChI is InChI=1S/C20H14ClN3/c21-17-3-1-2-14(12-17)4-7-19-18-6-5-16(13-20(18)24-23-19)15-8-10-22-11-9-15/h1-13H,(H,23,24)/b7-4+. The fourth-order valence-corrected chi connectivity index (χ4v) is 2.88. The van der Waals surface area contributed by atoms with Crippen LogP contribution in [0, 0.1) is 0 Å². The molecule has 4 heteroatoms. The third-order valence-electron chi connectivity index (χ3n) is 3.89. The molecule has 4 aromatic rings. The van der Waals surface area contributed by atoms with Crippen molar-refractivity contribution in [1.29, 1.82) is 0 Å². The van der Waals surface area contributed by atoms with Gasteiger partial charge in [-0.1, -0.05) is 35.9 Å². The van der Waals surface area contributed by atoms with Gasteiger partial charge < -0.3 is 0 Å². The van der Waals surface area contributed by atoms with Crippen LogP contribution in [-0.2, 0) is 0 Å². The number of H-pyrrole nitrogens is 1. The van der Waals surface area contributed by atoms with Gasteiger partial charge in [-0.15, -0.1) is 0 Å². The topological polar surface area (TPSA) is 41.6 Å². The molecule has 0 atom stereocenters. The fourth-order valence-electron chi connectivity index (χ4n) is 2.68. The van der Waals surface area contributed by atoms with E-state index in [0.29, 0.717) is 0 Å². The summed E-state index contributed by atoms with van der Waals surface area (Å²) in [4.78, 5) is 4.06. The molecule has 0 aliphatic carbocycles. The molecule has 0 unspecified atom stereocenters. The van der Waals surface area contributed by atoms with Crippen molar-refractivity contribution in [2.45, 2.75) is 0 Å². The average Bonchev–Trinajstić information content (AvgIpc) is 3.03. The molecular weight excluding hydrogens is 318 g/mol. The highest BCUT2D eigenvalue weighted by Gasteiger charge is 2.05. The van der Waals surface area contributed by atoms with Gasteiger partial charge in [0.2, 0.25) is 0 Å². The molecule has 0 aliphatic rings. The van der Waals surface area contributed by atoms with Crippen LogP contribution in [0.25, 0.3) is 34.2 Å². The van der Waals surface area contributed by atoms with Gasteiger partial charge in [0.1, 0.15) is 0 Å². The number of rotatable bonds is 3. The van der Waals surface area contributed by atoms with Crippen LogP contribution in [-0.4, -0.2) is 15.2 Å². The minimum absolute atomic E-state index is 0.728. The van der Waals surface area contributed by atoms with E-state index in [9.17, 15) is 0 Å². The van der Waals surface area contributed by atoms with Gasteiger partial charge in [-0.2, -0.15) is 5.10 Å². The van der Waals surface area contributed by atoms with Crippen LogP contribution in [0.2, 0.25) is 5.02 Å². The van der Waals surface area contributed by atoms with Crippen molar-refractivity contribution in [2.24, 2.45) is 0 Å². The quantitative estimate of drug-likeness (QED) is 0.542. The highest BCUT2D eigenvalue weighted by molar-refractivity contribution is 6.30. The molecule has 0 radical (unpaired) electrons. The summed E-state index contributed by atoms with van der Waals surface area (Å²) in [5.41, 5.74) is 5.24. The largest absolute Gasteiger partial charge is 0.277 e. The number of halogens is 1. The average molecular weight is 332 g/mol. The van der Waals surface area contributed by atoms with Crippen LogP contribution < -0.4 is 0 Å². The second-order valence-electron chi connectivity index (χ2n) is 5.49. The Labute approximate surface area is 144 Å². The lowest BCUT2D eigenvalue weighted by Gasteiger charge is -2.01. The van der Waals surface area contributed by atoms with Crippen LogP contribution in [0.4, 0.5) is 0 Å². The second kappa shape index (κ2) is 6.30. The number of aromatic amines is 1. The van der Waals surface area contributed by atoms with E-state index in [0.717, 1.165) is 38.3 Å². The van der Waals surface area contributed by atoms with Crippen LogP contribution in [0.3, 0.4) is 0 Å². The maximum absolute atomic E-state index is 6.02. The van der Waals surface area contributed by atoms with Gasteiger partial charge in [0.25, 0.3) is 0 Å². The molecule has 0 saturated carbocycles. The van der Waals surface area contributed by atoms with Gasteiger partial charge in [0.05, 0.1) is 11.2 Å². The first-order chi connectivity index (χ1) is 11.8. The highest BCUT2D eigenvalue weighted by Crippen LogP contribution is 2.25. The molecule has 0 saturated heterocycles. The number of fused-ring (bicyclic) bond motifs is 1. The summed E-state index contributed by atoms with van der Waals surface area (Å²) in [6.07, 6.45) is 7.60. The van der Waals surface area contributed by atoms with Gasteiger partial charge in [-0.25, -0.2) is 0 Å². The molecule has 0 spiro atoms. The van der Waals surface area contributed by atoms with E-state index in [1.54, 1.807) is 12.4 Å². The number of nitrogens with zero attached hydrogens (tertiary/aromatic N) is 2. The maximum atomic E-state index is 6.02. The van der Waals surface area contributed by atoms with E-state index in [2.05, 4.69) is 33.4 Å². The highest BCUT2D eigenvalue weighted by atomic mass is 35.5. The number of benzene rings is 2. The third-order valence-corrected chi connectivity index (χ3v) is 4.12. The van der Waals surface area contributed by atoms with Gasteiger partial charge in [0, 0.05) is 22.8 Å². The van der Waals surface area contributed by atoms with Crippen molar-refractivity contribution in [3.05, 3.63) is 83.3 Å². The lowest BCUT2D eigenvalue weighted by molar-refractivity contribution is 1.11. The Morgan fingerprint density at radius 1 is 0.875 bits per heavy atom. The summed E-state index contributed by atoms with van der Waals surface area (Å²) in [5.74, 6) is 0. The molecule has 3 nitrogen and oxygen atoms in total. The molecule has 0 amide bonds. The first kappa shape index (κ1) is 14.7. The Balaban J connectivity index is 1.68. The zero-order valence-electron chi connectivity index (χ0n) is 12.8. The zero-order valence-corrected chi connectivity index (χ0v) is 13.5. The molecular formula is C20H14ClN3. The molecule has 4 rings (SSSR count). The van der Waals surface area contributed by atoms with E-state index >= 15 is 0 Å². The predicted octanol–water partition coefficient (Wildman–Crippen LogP) is 5.45. The summed E-state index contributed by atoms with van der Waals surface area (Å²) in [5, 5.41) is 9.33. The van der Waals surface area contributed by atoms with E-state index in [-0.39, 0.29) is 0 Å². The van der Waals surface area contributed by atoms with Crippen molar-refractivity contribution < 1.29 is 0 Å². The van der Waals surface area contributed by atoms with Crippen molar-refractivity contribution in [3.8, 4) is 11.1 Å². The van der Waals surface area contributed by atoms with E-state index in [1.807, 2.05) is 48.6 Å². The van der Waals surface area contributed by atoms with Gasteiger partial charge in [-0.05, 0) is 59.2 Å².